The number of hydrogen-bond acceptors (Lipinski definition) is 4. The summed E-state index contributed by atoms with van der Waals surface area (Å²) < 4.78 is 0.692. The molecule has 1 aliphatic heterocycles. The average Bonchev–Trinajstić information content (AvgIpc) is 2.47. The van der Waals surface area contributed by atoms with Crippen molar-refractivity contribution in [1.29, 1.82) is 0 Å². The van der Waals surface area contributed by atoms with Gasteiger partial charge in [-0.1, -0.05) is 6.92 Å². The molecular formula is C14H18BrN3O3. The maximum atomic E-state index is 12.5. The van der Waals surface area contributed by atoms with Gasteiger partial charge in [-0.2, -0.15) is 0 Å². The van der Waals surface area contributed by atoms with Crippen LogP contribution in [0.2, 0.25) is 0 Å². The molecule has 1 aromatic carbocycles. The third-order valence-corrected chi connectivity index (χ3v) is 4.18. The quantitative estimate of drug-likeness (QED) is 0.650. The first-order valence-electron chi connectivity index (χ1n) is 7.03. The number of nitro groups is 1. The number of nitro benzene ring substituents is 1. The lowest BCUT2D eigenvalue weighted by Crippen LogP contribution is -2.51. The Balaban J connectivity index is 2.25. The molecule has 0 spiro atoms. The van der Waals surface area contributed by atoms with Gasteiger partial charge in [-0.05, 0) is 47.8 Å². The topological polar surface area (TPSA) is 75.5 Å². The number of nitrogens with zero attached hydrogens (tertiary/aromatic N) is 2. The molecule has 1 fully saturated rings. The van der Waals surface area contributed by atoms with Crippen molar-refractivity contribution >= 4 is 33.2 Å². The monoisotopic (exact) mass is 355 g/mol. The molecule has 21 heavy (non-hydrogen) atoms. The zero-order valence-corrected chi connectivity index (χ0v) is 13.4. The van der Waals surface area contributed by atoms with E-state index in [-0.39, 0.29) is 17.6 Å². The van der Waals surface area contributed by atoms with E-state index < -0.39 is 4.92 Å². The van der Waals surface area contributed by atoms with Crippen LogP contribution in [0.25, 0.3) is 0 Å². The van der Waals surface area contributed by atoms with Crippen LogP contribution >= 0.6 is 15.9 Å². The molecule has 0 radical (unpaired) electrons. The lowest BCUT2D eigenvalue weighted by Gasteiger charge is -2.33. The van der Waals surface area contributed by atoms with Crippen LogP contribution in [0.1, 0.15) is 26.2 Å². The normalized spacial score (nSPS) is 18.9. The Morgan fingerprint density at radius 3 is 2.95 bits per heavy atom. The number of piperidine rings is 1. The minimum Gasteiger partial charge on any atom is -0.310 e. The molecule has 7 heteroatoms. The number of rotatable bonds is 5. The Kier molecular flexibility index (Phi) is 5.30. The Morgan fingerprint density at radius 2 is 2.29 bits per heavy atom. The van der Waals surface area contributed by atoms with Crippen LogP contribution in [0, 0.1) is 10.1 Å². The highest BCUT2D eigenvalue weighted by Gasteiger charge is 2.30. The summed E-state index contributed by atoms with van der Waals surface area (Å²) in [5.74, 6) is -0.0177. The average molecular weight is 356 g/mol. The first kappa shape index (κ1) is 15.9. The van der Waals surface area contributed by atoms with Gasteiger partial charge in [0.15, 0.2) is 0 Å². The van der Waals surface area contributed by atoms with Crippen molar-refractivity contribution in [3.63, 3.8) is 0 Å². The van der Waals surface area contributed by atoms with E-state index in [9.17, 15) is 14.9 Å². The van der Waals surface area contributed by atoms with Gasteiger partial charge in [0, 0.05) is 23.2 Å². The van der Waals surface area contributed by atoms with E-state index in [2.05, 4.69) is 28.2 Å². The van der Waals surface area contributed by atoms with Gasteiger partial charge in [0.25, 0.3) is 5.69 Å². The van der Waals surface area contributed by atoms with Crippen LogP contribution < -0.4 is 10.2 Å². The second-order valence-electron chi connectivity index (χ2n) is 5.03. The fraction of sp³-hybridized carbons (Fsp3) is 0.500. The zero-order chi connectivity index (χ0) is 15.4. The number of carbonyl (C=O) groups is 1. The van der Waals surface area contributed by atoms with Gasteiger partial charge in [-0.3, -0.25) is 14.9 Å². The van der Waals surface area contributed by atoms with Gasteiger partial charge >= 0.3 is 0 Å². The Hall–Kier alpha value is -1.47. The van der Waals surface area contributed by atoms with Crippen LogP contribution in [0.15, 0.2) is 22.7 Å². The van der Waals surface area contributed by atoms with Gasteiger partial charge in [0.2, 0.25) is 5.91 Å². The van der Waals surface area contributed by atoms with E-state index in [0.29, 0.717) is 16.7 Å². The minimum absolute atomic E-state index is 0.00959. The summed E-state index contributed by atoms with van der Waals surface area (Å²) >= 11 is 3.38. The van der Waals surface area contributed by atoms with Crippen LogP contribution in [0.3, 0.4) is 0 Å². The number of benzene rings is 1. The number of halogens is 1. The van der Waals surface area contributed by atoms with E-state index in [4.69, 9.17) is 0 Å². The molecule has 1 aliphatic rings. The predicted molar refractivity (Wildman–Crippen MR) is 84.5 cm³/mol. The van der Waals surface area contributed by atoms with Crippen LogP contribution in [-0.4, -0.2) is 30.0 Å². The SMILES string of the molecule is CCCNC1CCCN(c2cc([N+](=O)[O-])ccc2Br)C1=O. The number of carbonyl (C=O) groups excluding carboxylic acids is 1. The van der Waals surface area contributed by atoms with Crippen molar-refractivity contribution in [3.8, 4) is 0 Å². The molecule has 2 rings (SSSR count). The molecule has 6 nitrogen and oxygen atoms in total. The van der Waals surface area contributed by atoms with Crippen LogP contribution in [0.4, 0.5) is 11.4 Å². The van der Waals surface area contributed by atoms with E-state index >= 15 is 0 Å². The largest absolute Gasteiger partial charge is 0.310 e. The van der Waals surface area contributed by atoms with E-state index in [1.54, 1.807) is 11.0 Å². The number of nitrogens with one attached hydrogen (secondary N) is 1. The molecule has 1 saturated heterocycles. The summed E-state index contributed by atoms with van der Waals surface area (Å²) in [4.78, 5) is 24.6. The van der Waals surface area contributed by atoms with Crippen molar-refractivity contribution in [2.24, 2.45) is 0 Å². The van der Waals surface area contributed by atoms with Gasteiger partial charge in [-0.25, -0.2) is 0 Å². The van der Waals surface area contributed by atoms with E-state index in [0.717, 1.165) is 25.8 Å². The highest BCUT2D eigenvalue weighted by Crippen LogP contribution is 2.32. The highest BCUT2D eigenvalue weighted by molar-refractivity contribution is 9.10. The smallest absolute Gasteiger partial charge is 0.271 e. The molecule has 1 atom stereocenters. The van der Waals surface area contributed by atoms with Crippen molar-refractivity contribution < 1.29 is 9.72 Å². The fourth-order valence-corrected chi connectivity index (χ4v) is 2.90. The van der Waals surface area contributed by atoms with Crippen LogP contribution in [-0.2, 0) is 4.79 Å². The summed E-state index contributed by atoms with van der Waals surface area (Å²) in [6, 6.07) is 4.29. The third kappa shape index (κ3) is 3.59. The summed E-state index contributed by atoms with van der Waals surface area (Å²) in [7, 11) is 0. The number of amides is 1. The number of non-ortho nitro benzene ring substituents is 1. The molecular weight excluding hydrogens is 338 g/mol. The third-order valence-electron chi connectivity index (χ3n) is 3.51. The molecule has 1 amide bonds. The second-order valence-corrected chi connectivity index (χ2v) is 5.89. The molecule has 0 aliphatic carbocycles. The minimum atomic E-state index is -0.447. The molecule has 114 valence electrons. The molecule has 1 aromatic rings. The Bertz CT molecular complexity index is 550. The summed E-state index contributed by atoms with van der Waals surface area (Å²) in [6.45, 7) is 3.43. The maximum absolute atomic E-state index is 12.5. The fourth-order valence-electron chi connectivity index (χ4n) is 2.44. The Labute approximate surface area is 131 Å². The predicted octanol–water partition coefficient (Wildman–Crippen LogP) is 2.85. The first-order chi connectivity index (χ1) is 10.0. The first-order valence-corrected chi connectivity index (χ1v) is 7.82. The van der Waals surface area contributed by atoms with E-state index in [1.807, 2.05) is 0 Å². The van der Waals surface area contributed by atoms with Gasteiger partial charge < -0.3 is 10.2 Å². The van der Waals surface area contributed by atoms with E-state index in [1.165, 1.54) is 12.1 Å². The highest BCUT2D eigenvalue weighted by atomic mass is 79.9. The molecule has 0 saturated carbocycles. The van der Waals surface area contributed by atoms with Gasteiger partial charge in [0.05, 0.1) is 16.7 Å². The van der Waals surface area contributed by atoms with Gasteiger partial charge in [-0.15, -0.1) is 0 Å². The number of anilines is 1. The Morgan fingerprint density at radius 1 is 1.52 bits per heavy atom. The van der Waals surface area contributed by atoms with Crippen molar-refractivity contribution in [2.45, 2.75) is 32.2 Å². The molecule has 1 heterocycles. The van der Waals surface area contributed by atoms with Crippen molar-refractivity contribution in [1.82, 2.24) is 5.32 Å². The summed E-state index contributed by atoms with van der Waals surface area (Å²) in [6.07, 6.45) is 2.65. The molecule has 1 unspecified atom stereocenters. The molecule has 1 N–H and O–H groups in total. The zero-order valence-electron chi connectivity index (χ0n) is 11.8. The summed E-state index contributed by atoms with van der Waals surface area (Å²) in [5.41, 5.74) is 0.557. The second kappa shape index (κ2) is 7.00. The van der Waals surface area contributed by atoms with Gasteiger partial charge in [0.1, 0.15) is 0 Å². The van der Waals surface area contributed by atoms with Crippen molar-refractivity contribution in [2.75, 3.05) is 18.0 Å². The number of hydrogen-bond donors (Lipinski definition) is 1. The lowest BCUT2D eigenvalue weighted by molar-refractivity contribution is -0.384. The summed E-state index contributed by atoms with van der Waals surface area (Å²) in [5, 5.41) is 14.1. The lowest BCUT2D eigenvalue weighted by atomic mass is 10.0. The van der Waals surface area contributed by atoms with Crippen LogP contribution in [0.5, 0.6) is 0 Å². The molecule has 0 bridgehead atoms. The standard InChI is InChI=1S/C14H18BrN3O3/c1-2-7-16-12-4-3-8-17(14(12)19)13-9-10(18(20)21)5-6-11(13)15/h5-6,9,12,16H,2-4,7-8H2,1H3. The van der Waals surface area contributed by atoms with Crippen molar-refractivity contribution in [3.05, 3.63) is 32.8 Å². The molecule has 0 aromatic heterocycles. The maximum Gasteiger partial charge on any atom is 0.271 e.